The van der Waals surface area contributed by atoms with Crippen molar-refractivity contribution in [3.63, 3.8) is 0 Å². The van der Waals surface area contributed by atoms with Gasteiger partial charge in [0.1, 0.15) is 4.88 Å². The third-order valence-electron chi connectivity index (χ3n) is 1.26. The van der Waals surface area contributed by atoms with E-state index in [2.05, 4.69) is 16.8 Å². The van der Waals surface area contributed by atoms with E-state index in [1.54, 1.807) is 0 Å². The normalized spacial score (nSPS) is 9.13. The van der Waals surface area contributed by atoms with Gasteiger partial charge in [0.05, 0.1) is 11.9 Å². The molecule has 1 heterocycles. The number of carbonyl (C=O) groups excluding carboxylic acids is 1. The Kier molecular flexibility index (Phi) is 4.34. The summed E-state index contributed by atoms with van der Waals surface area (Å²) < 4.78 is 0. The molecule has 0 saturated carbocycles. The van der Waals surface area contributed by atoms with Crippen LogP contribution in [0.3, 0.4) is 0 Å². The van der Waals surface area contributed by atoms with Crippen LogP contribution < -0.4 is 0 Å². The van der Waals surface area contributed by atoms with Crippen molar-refractivity contribution in [1.82, 2.24) is 4.98 Å². The summed E-state index contributed by atoms with van der Waals surface area (Å²) in [6.07, 6.45) is 1.27. The number of aromatic carboxylic acids is 1. The van der Waals surface area contributed by atoms with Crippen LogP contribution in [0.2, 0.25) is 0 Å². The number of carbonyl (C=O) groups is 2. The molecule has 0 aliphatic heterocycles. The second kappa shape index (κ2) is 5.53. The van der Waals surface area contributed by atoms with Crippen molar-refractivity contribution < 1.29 is 14.7 Å². The minimum Gasteiger partial charge on any atom is -0.477 e. The fourth-order valence-electron chi connectivity index (χ4n) is 0.680. The molecule has 0 fully saturated rings. The fraction of sp³-hybridized carbons (Fsp3) is 0.222. The van der Waals surface area contributed by atoms with E-state index in [9.17, 15) is 9.59 Å². The molecule has 0 radical (unpaired) electrons. The van der Waals surface area contributed by atoms with E-state index >= 15 is 0 Å². The Balaban J connectivity index is 2.56. The monoisotopic (exact) mass is 241 g/mol. The van der Waals surface area contributed by atoms with Crippen LogP contribution in [-0.2, 0) is 4.79 Å². The average molecular weight is 241 g/mol. The lowest BCUT2D eigenvalue weighted by atomic mass is 10.6. The van der Waals surface area contributed by atoms with Gasteiger partial charge in [-0.3, -0.25) is 4.79 Å². The summed E-state index contributed by atoms with van der Waals surface area (Å²) in [5, 5.41) is 9.08. The largest absolute Gasteiger partial charge is 0.477 e. The molecule has 0 aliphatic rings. The summed E-state index contributed by atoms with van der Waals surface area (Å²) in [6.45, 7) is 1.47. The number of hydrogen-bond donors (Lipinski definition) is 1. The van der Waals surface area contributed by atoms with Crippen LogP contribution in [0.15, 0.2) is 6.20 Å². The minimum absolute atomic E-state index is 0.00895. The SMILES string of the molecule is CC(=O)SCC#Cc1ncc(C(=O)O)s1. The molecule has 0 unspecified atom stereocenters. The summed E-state index contributed by atoms with van der Waals surface area (Å²) in [4.78, 5) is 25.0. The van der Waals surface area contributed by atoms with Crippen molar-refractivity contribution in [2.24, 2.45) is 0 Å². The first-order valence-electron chi connectivity index (χ1n) is 3.91. The molecular weight excluding hydrogens is 234 g/mol. The predicted octanol–water partition coefficient (Wildman–Crippen LogP) is 1.47. The molecule has 1 N–H and O–H groups in total. The second-order valence-electron chi connectivity index (χ2n) is 2.42. The molecule has 1 rings (SSSR count). The van der Waals surface area contributed by atoms with Gasteiger partial charge in [-0.15, -0.1) is 0 Å². The van der Waals surface area contributed by atoms with Gasteiger partial charge in [0.15, 0.2) is 10.1 Å². The van der Waals surface area contributed by atoms with E-state index in [0.717, 1.165) is 23.1 Å². The van der Waals surface area contributed by atoms with Gasteiger partial charge in [-0.25, -0.2) is 9.78 Å². The number of hydrogen-bond acceptors (Lipinski definition) is 5. The quantitative estimate of drug-likeness (QED) is 0.794. The number of carboxylic acids is 1. The molecular formula is C9H7NO3S2. The Morgan fingerprint density at radius 1 is 1.67 bits per heavy atom. The van der Waals surface area contributed by atoms with Crippen LogP contribution in [0.1, 0.15) is 21.6 Å². The van der Waals surface area contributed by atoms with E-state index in [4.69, 9.17) is 5.11 Å². The fourth-order valence-corrected chi connectivity index (χ4v) is 1.66. The van der Waals surface area contributed by atoms with Crippen molar-refractivity contribution in [2.45, 2.75) is 6.92 Å². The summed E-state index contributed by atoms with van der Waals surface area (Å²) >= 11 is 2.13. The van der Waals surface area contributed by atoms with E-state index in [-0.39, 0.29) is 9.99 Å². The standard InChI is InChI=1S/C9H7NO3S2/c1-6(11)14-4-2-3-8-10-5-7(15-8)9(12)13/h5H,4H2,1H3,(H,12,13). The lowest BCUT2D eigenvalue weighted by Gasteiger charge is -1.83. The Hall–Kier alpha value is -1.32. The van der Waals surface area contributed by atoms with E-state index < -0.39 is 5.97 Å². The first-order valence-corrected chi connectivity index (χ1v) is 5.71. The Labute approximate surface area is 94.7 Å². The van der Waals surface area contributed by atoms with E-state index in [0.29, 0.717) is 10.8 Å². The molecule has 4 nitrogen and oxygen atoms in total. The van der Waals surface area contributed by atoms with Crippen molar-refractivity contribution in [3.05, 3.63) is 16.1 Å². The maximum atomic E-state index is 10.6. The van der Waals surface area contributed by atoms with Crippen LogP contribution in [0.5, 0.6) is 0 Å². The number of aromatic nitrogens is 1. The molecule has 0 bridgehead atoms. The zero-order valence-corrected chi connectivity index (χ0v) is 9.44. The van der Waals surface area contributed by atoms with Crippen molar-refractivity contribution in [1.29, 1.82) is 0 Å². The average Bonchev–Trinajstić information content (AvgIpc) is 2.60. The summed E-state index contributed by atoms with van der Waals surface area (Å²) in [7, 11) is 0. The lowest BCUT2D eigenvalue weighted by molar-refractivity contribution is -0.109. The second-order valence-corrected chi connectivity index (χ2v) is 4.60. The topological polar surface area (TPSA) is 67.3 Å². The minimum atomic E-state index is -1.00. The number of thiazole rings is 1. The highest BCUT2D eigenvalue weighted by Crippen LogP contribution is 2.11. The van der Waals surface area contributed by atoms with Crippen LogP contribution in [0, 0.1) is 11.8 Å². The van der Waals surface area contributed by atoms with Gasteiger partial charge in [-0.1, -0.05) is 29.0 Å². The van der Waals surface area contributed by atoms with Crippen molar-refractivity contribution >= 4 is 34.2 Å². The van der Waals surface area contributed by atoms with Crippen molar-refractivity contribution in [3.8, 4) is 11.8 Å². The molecule has 0 spiro atoms. The highest BCUT2D eigenvalue weighted by molar-refractivity contribution is 8.13. The van der Waals surface area contributed by atoms with Crippen molar-refractivity contribution in [2.75, 3.05) is 5.75 Å². The number of rotatable bonds is 2. The molecule has 0 atom stereocenters. The van der Waals surface area contributed by atoms with Gasteiger partial charge in [0.25, 0.3) is 0 Å². The molecule has 78 valence electrons. The van der Waals surface area contributed by atoms with E-state index in [1.807, 2.05) is 0 Å². The molecule has 15 heavy (non-hydrogen) atoms. The first kappa shape index (κ1) is 11.8. The number of carboxylic acid groups (broad SMARTS) is 1. The summed E-state index contributed by atoms with van der Waals surface area (Å²) in [5.74, 6) is 4.83. The molecule has 0 aromatic carbocycles. The van der Waals surface area contributed by atoms with Crippen LogP contribution in [-0.4, -0.2) is 26.9 Å². The van der Waals surface area contributed by atoms with Crippen LogP contribution in [0.25, 0.3) is 0 Å². The van der Waals surface area contributed by atoms with Gasteiger partial charge < -0.3 is 5.11 Å². The molecule has 0 saturated heterocycles. The van der Waals surface area contributed by atoms with Gasteiger partial charge in [0, 0.05) is 6.92 Å². The first-order chi connectivity index (χ1) is 7.09. The maximum absolute atomic E-state index is 10.6. The lowest BCUT2D eigenvalue weighted by Crippen LogP contribution is -1.89. The highest BCUT2D eigenvalue weighted by atomic mass is 32.2. The van der Waals surface area contributed by atoms with Gasteiger partial charge in [0.2, 0.25) is 0 Å². The number of thioether (sulfide) groups is 1. The van der Waals surface area contributed by atoms with Gasteiger partial charge in [-0.2, -0.15) is 0 Å². The van der Waals surface area contributed by atoms with Crippen LogP contribution in [0.4, 0.5) is 0 Å². The predicted molar refractivity (Wildman–Crippen MR) is 59.1 cm³/mol. The maximum Gasteiger partial charge on any atom is 0.347 e. The third-order valence-corrected chi connectivity index (χ3v) is 2.86. The molecule has 1 aromatic rings. The highest BCUT2D eigenvalue weighted by Gasteiger charge is 2.06. The zero-order chi connectivity index (χ0) is 11.3. The van der Waals surface area contributed by atoms with Gasteiger partial charge >= 0.3 is 5.97 Å². The Morgan fingerprint density at radius 2 is 2.40 bits per heavy atom. The summed E-state index contributed by atoms with van der Waals surface area (Å²) in [6, 6.07) is 0. The van der Waals surface area contributed by atoms with Crippen LogP contribution >= 0.6 is 23.1 Å². The van der Waals surface area contributed by atoms with E-state index in [1.165, 1.54) is 13.1 Å². The summed E-state index contributed by atoms with van der Waals surface area (Å²) in [5.41, 5.74) is 0. The zero-order valence-electron chi connectivity index (χ0n) is 7.81. The third kappa shape index (κ3) is 4.14. The number of nitrogens with zero attached hydrogens (tertiary/aromatic N) is 1. The molecule has 6 heteroatoms. The molecule has 1 aromatic heterocycles. The molecule has 0 aliphatic carbocycles. The Morgan fingerprint density at radius 3 is 2.93 bits per heavy atom. The smallest absolute Gasteiger partial charge is 0.347 e. The van der Waals surface area contributed by atoms with Gasteiger partial charge in [-0.05, 0) is 5.92 Å². The molecule has 0 amide bonds. The Bertz CT molecular complexity index is 442.